The number of hydrogen-bond donors (Lipinski definition) is 1. The summed E-state index contributed by atoms with van der Waals surface area (Å²) in [5.74, 6) is 1.65. The Morgan fingerprint density at radius 3 is 2.88 bits per heavy atom. The van der Waals surface area contributed by atoms with Gasteiger partial charge >= 0.3 is 0 Å². The highest BCUT2D eigenvalue weighted by atomic mass is 79.9. The van der Waals surface area contributed by atoms with E-state index in [-0.39, 0.29) is 0 Å². The Morgan fingerprint density at radius 1 is 1.12 bits per heavy atom. The third kappa shape index (κ3) is 3.58. The topological polar surface area (TPSA) is 33.7 Å². The summed E-state index contributed by atoms with van der Waals surface area (Å²) >= 11 is 3.56. The van der Waals surface area contributed by atoms with Crippen LogP contribution in [0.4, 0.5) is 0 Å². The quantitative estimate of drug-likeness (QED) is 0.848. The summed E-state index contributed by atoms with van der Waals surface area (Å²) in [6, 6.07) is 15.4. The molecule has 0 spiro atoms. The van der Waals surface area contributed by atoms with Gasteiger partial charge in [-0.05, 0) is 45.6 Å². The minimum Gasteiger partial charge on any atom is -0.454 e. The first-order chi connectivity index (χ1) is 11.8. The van der Waals surface area contributed by atoms with Crippen molar-refractivity contribution in [2.45, 2.75) is 25.6 Å². The first-order valence-electron chi connectivity index (χ1n) is 8.35. The molecule has 2 heterocycles. The predicted octanol–water partition coefficient (Wildman–Crippen LogP) is 3.54. The zero-order valence-corrected chi connectivity index (χ0v) is 15.1. The monoisotopic (exact) mass is 388 g/mol. The smallest absolute Gasteiger partial charge is 0.231 e. The van der Waals surface area contributed by atoms with Crippen molar-refractivity contribution >= 4 is 15.9 Å². The number of rotatable bonds is 5. The number of nitrogens with one attached hydrogen (secondary N) is 1. The van der Waals surface area contributed by atoms with Crippen LogP contribution in [0.3, 0.4) is 0 Å². The van der Waals surface area contributed by atoms with Crippen LogP contribution in [-0.2, 0) is 13.1 Å². The Labute approximate surface area is 150 Å². The zero-order valence-electron chi connectivity index (χ0n) is 13.5. The van der Waals surface area contributed by atoms with E-state index in [9.17, 15) is 0 Å². The predicted molar refractivity (Wildman–Crippen MR) is 97.2 cm³/mol. The van der Waals surface area contributed by atoms with Crippen LogP contribution in [0.2, 0.25) is 0 Å². The van der Waals surface area contributed by atoms with Crippen molar-refractivity contribution in [2.24, 2.45) is 0 Å². The number of likely N-dealkylation sites (tertiary alicyclic amines) is 1. The van der Waals surface area contributed by atoms with Crippen molar-refractivity contribution in [1.29, 1.82) is 0 Å². The summed E-state index contributed by atoms with van der Waals surface area (Å²) in [5.41, 5.74) is 2.60. The summed E-state index contributed by atoms with van der Waals surface area (Å²) in [5, 5.41) is 3.67. The van der Waals surface area contributed by atoms with E-state index in [2.05, 4.69) is 68.6 Å². The summed E-state index contributed by atoms with van der Waals surface area (Å²) in [7, 11) is 0. The van der Waals surface area contributed by atoms with E-state index in [1.807, 2.05) is 0 Å². The molecule has 4 nitrogen and oxygen atoms in total. The molecule has 5 heteroatoms. The highest BCUT2D eigenvalue weighted by Crippen LogP contribution is 2.39. The molecule has 2 aliphatic rings. The van der Waals surface area contributed by atoms with Gasteiger partial charge in [-0.1, -0.05) is 30.3 Å². The van der Waals surface area contributed by atoms with Crippen LogP contribution >= 0.6 is 15.9 Å². The average Bonchev–Trinajstić information content (AvgIpc) is 3.23. The van der Waals surface area contributed by atoms with Gasteiger partial charge in [-0.25, -0.2) is 0 Å². The second kappa shape index (κ2) is 7.13. The molecule has 4 rings (SSSR count). The summed E-state index contributed by atoms with van der Waals surface area (Å²) < 4.78 is 11.9. The molecule has 0 bridgehead atoms. The summed E-state index contributed by atoms with van der Waals surface area (Å²) in [6.07, 6.45) is 1.19. The maximum Gasteiger partial charge on any atom is 0.231 e. The van der Waals surface area contributed by atoms with Crippen molar-refractivity contribution in [2.75, 3.05) is 19.9 Å². The van der Waals surface area contributed by atoms with Crippen LogP contribution in [-0.4, -0.2) is 30.8 Å². The molecular weight excluding hydrogens is 368 g/mol. The molecule has 1 atom stereocenters. The maximum absolute atomic E-state index is 5.49. The number of halogens is 1. The average molecular weight is 389 g/mol. The van der Waals surface area contributed by atoms with E-state index in [1.165, 1.54) is 17.5 Å². The van der Waals surface area contributed by atoms with Crippen molar-refractivity contribution in [3.63, 3.8) is 0 Å². The number of fused-ring (bicyclic) bond motifs is 1. The molecule has 1 N–H and O–H groups in total. The van der Waals surface area contributed by atoms with Gasteiger partial charge in [0.15, 0.2) is 11.5 Å². The Morgan fingerprint density at radius 2 is 2.00 bits per heavy atom. The van der Waals surface area contributed by atoms with Gasteiger partial charge in [-0.3, -0.25) is 4.90 Å². The Hall–Kier alpha value is -1.56. The first kappa shape index (κ1) is 15.9. The van der Waals surface area contributed by atoms with Crippen LogP contribution in [0.25, 0.3) is 0 Å². The molecule has 0 amide bonds. The van der Waals surface area contributed by atoms with E-state index in [4.69, 9.17) is 9.47 Å². The third-order valence-corrected chi connectivity index (χ3v) is 5.19. The van der Waals surface area contributed by atoms with Crippen molar-refractivity contribution in [3.05, 3.63) is 58.1 Å². The summed E-state index contributed by atoms with van der Waals surface area (Å²) in [6.45, 7) is 4.44. The second-order valence-corrected chi connectivity index (χ2v) is 7.25. The molecule has 2 aliphatic heterocycles. The fourth-order valence-electron chi connectivity index (χ4n) is 3.37. The van der Waals surface area contributed by atoms with E-state index in [1.54, 1.807) is 0 Å². The van der Waals surface area contributed by atoms with Crippen LogP contribution < -0.4 is 14.8 Å². The molecule has 0 unspecified atom stereocenters. The van der Waals surface area contributed by atoms with Gasteiger partial charge in [0.25, 0.3) is 0 Å². The van der Waals surface area contributed by atoms with E-state index < -0.39 is 0 Å². The lowest BCUT2D eigenvalue weighted by Gasteiger charge is -2.17. The Bertz CT molecular complexity index is 708. The van der Waals surface area contributed by atoms with Gasteiger partial charge in [0.1, 0.15) is 0 Å². The molecular formula is C19H21BrN2O2. The van der Waals surface area contributed by atoms with Gasteiger partial charge in [0, 0.05) is 32.2 Å². The number of nitrogens with zero attached hydrogens (tertiary/aromatic N) is 1. The molecule has 24 heavy (non-hydrogen) atoms. The molecule has 2 aromatic rings. The van der Waals surface area contributed by atoms with Crippen molar-refractivity contribution in [3.8, 4) is 11.5 Å². The van der Waals surface area contributed by atoms with E-state index >= 15 is 0 Å². The molecule has 0 aromatic heterocycles. The zero-order chi connectivity index (χ0) is 16.4. The van der Waals surface area contributed by atoms with Crippen LogP contribution in [0, 0.1) is 0 Å². The van der Waals surface area contributed by atoms with Gasteiger partial charge in [0.05, 0.1) is 4.47 Å². The third-order valence-electron chi connectivity index (χ3n) is 4.60. The van der Waals surface area contributed by atoms with Gasteiger partial charge in [0.2, 0.25) is 6.79 Å². The second-order valence-electron chi connectivity index (χ2n) is 6.40. The summed E-state index contributed by atoms with van der Waals surface area (Å²) in [4.78, 5) is 2.52. The SMILES string of the molecule is Brc1cc(CN[C@H]2CCN(Cc3ccccc3)C2)cc2c1OCO2. The van der Waals surface area contributed by atoms with Crippen molar-refractivity contribution in [1.82, 2.24) is 10.2 Å². The van der Waals surface area contributed by atoms with Crippen LogP contribution in [0.5, 0.6) is 11.5 Å². The molecule has 0 aliphatic carbocycles. The minimum atomic E-state index is 0.307. The van der Waals surface area contributed by atoms with Crippen LogP contribution in [0.1, 0.15) is 17.5 Å². The molecule has 0 saturated carbocycles. The normalized spacial score (nSPS) is 19.8. The lowest BCUT2D eigenvalue weighted by atomic mass is 10.2. The first-order valence-corrected chi connectivity index (χ1v) is 9.15. The Kier molecular flexibility index (Phi) is 4.74. The minimum absolute atomic E-state index is 0.307. The highest BCUT2D eigenvalue weighted by molar-refractivity contribution is 9.10. The fourth-order valence-corrected chi connectivity index (χ4v) is 3.97. The Balaban J connectivity index is 1.30. The number of ether oxygens (including phenoxy) is 2. The van der Waals surface area contributed by atoms with Gasteiger partial charge in [-0.15, -0.1) is 0 Å². The lowest BCUT2D eigenvalue weighted by molar-refractivity contribution is 0.173. The van der Waals surface area contributed by atoms with Gasteiger partial charge < -0.3 is 14.8 Å². The molecule has 1 fully saturated rings. The fraction of sp³-hybridized carbons (Fsp3) is 0.368. The van der Waals surface area contributed by atoms with E-state index in [0.29, 0.717) is 12.8 Å². The molecule has 0 radical (unpaired) electrons. The maximum atomic E-state index is 5.49. The van der Waals surface area contributed by atoms with E-state index in [0.717, 1.165) is 42.2 Å². The molecule has 1 saturated heterocycles. The lowest BCUT2D eigenvalue weighted by Crippen LogP contribution is -2.31. The highest BCUT2D eigenvalue weighted by Gasteiger charge is 2.23. The molecule has 126 valence electrons. The standard InChI is InChI=1S/C19H21BrN2O2/c20-17-8-15(9-18-19(17)24-13-23-18)10-21-16-6-7-22(12-16)11-14-4-2-1-3-5-14/h1-5,8-9,16,21H,6-7,10-13H2/t16-/m0/s1. The molecule has 2 aromatic carbocycles. The van der Waals surface area contributed by atoms with Gasteiger partial charge in [-0.2, -0.15) is 0 Å². The number of hydrogen-bond acceptors (Lipinski definition) is 4. The number of benzene rings is 2. The largest absolute Gasteiger partial charge is 0.454 e. The van der Waals surface area contributed by atoms with Crippen LogP contribution in [0.15, 0.2) is 46.9 Å². The van der Waals surface area contributed by atoms with Crippen molar-refractivity contribution < 1.29 is 9.47 Å².